The molecule has 9 heteroatoms. The number of amides is 1. The number of aromatic nitrogens is 4. The molecule has 1 aliphatic heterocycles. The van der Waals surface area contributed by atoms with Crippen molar-refractivity contribution in [3.05, 3.63) is 71.8 Å². The van der Waals surface area contributed by atoms with Gasteiger partial charge in [-0.25, -0.2) is 4.98 Å². The summed E-state index contributed by atoms with van der Waals surface area (Å²) < 4.78 is 5.53. The molecule has 3 aromatic heterocycles. The summed E-state index contributed by atoms with van der Waals surface area (Å²) in [6, 6.07) is 13.7. The normalized spacial score (nSPS) is 15.5. The summed E-state index contributed by atoms with van der Waals surface area (Å²) in [4.78, 5) is 30.4. The number of hydrogen-bond acceptors (Lipinski definition) is 8. The van der Waals surface area contributed by atoms with Crippen LogP contribution in [0.4, 0.5) is 0 Å². The number of hydrogen-bond donors (Lipinski definition) is 0. The molecular weight excluding hydrogens is 436 g/mol. The number of carbonyl (C=O) groups is 1. The Hall–Kier alpha value is -3.43. The predicted molar refractivity (Wildman–Crippen MR) is 125 cm³/mol. The summed E-state index contributed by atoms with van der Waals surface area (Å²) in [7, 11) is 0. The molecule has 0 aliphatic carbocycles. The Morgan fingerprint density at radius 3 is 2.61 bits per heavy atom. The Morgan fingerprint density at radius 2 is 1.85 bits per heavy atom. The van der Waals surface area contributed by atoms with Crippen LogP contribution in [-0.4, -0.2) is 62.0 Å². The van der Waals surface area contributed by atoms with E-state index in [1.807, 2.05) is 52.7 Å². The van der Waals surface area contributed by atoms with Gasteiger partial charge < -0.3 is 9.42 Å². The molecule has 5 rings (SSSR count). The van der Waals surface area contributed by atoms with Crippen LogP contribution < -0.4 is 0 Å². The van der Waals surface area contributed by atoms with Gasteiger partial charge in [0.1, 0.15) is 5.01 Å². The van der Waals surface area contributed by atoms with E-state index < -0.39 is 0 Å². The van der Waals surface area contributed by atoms with Crippen molar-refractivity contribution in [2.75, 3.05) is 26.2 Å². The Bertz CT molecular complexity index is 1200. The molecule has 1 aliphatic rings. The summed E-state index contributed by atoms with van der Waals surface area (Å²) in [6.07, 6.45) is 3.84. The third-order valence-electron chi connectivity index (χ3n) is 5.84. The number of piperazine rings is 1. The maximum atomic E-state index is 12.8. The van der Waals surface area contributed by atoms with E-state index in [-0.39, 0.29) is 11.9 Å². The summed E-state index contributed by atoms with van der Waals surface area (Å²) in [5.74, 6) is 1.30. The molecule has 4 heterocycles. The highest BCUT2D eigenvalue weighted by Gasteiger charge is 2.28. The maximum absolute atomic E-state index is 12.8. The maximum Gasteiger partial charge on any atom is 0.244 e. The van der Waals surface area contributed by atoms with Crippen molar-refractivity contribution in [3.63, 3.8) is 0 Å². The van der Waals surface area contributed by atoms with Gasteiger partial charge in [-0.15, -0.1) is 11.3 Å². The van der Waals surface area contributed by atoms with Crippen molar-refractivity contribution in [2.45, 2.75) is 19.4 Å². The van der Waals surface area contributed by atoms with Gasteiger partial charge in [0.2, 0.25) is 17.6 Å². The molecule has 1 saturated heterocycles. The smallest absolute Gasteiger partial charge is 0.244 e. The largest absolute Gasteiger partial charge is 0.340 e. The van der Waals surface area contributed by atoms with Gasteiger partial charge in [0, 0.05) is 55.1 Å². The van der Waals surface area contributed by atoms with Crippen molar-refractivity contribution in [2.24, 2.45) is 0 Å². The van der Waals surface area contributed by atoms with Crippen LogP contribution in [-0.2, 0) is 11.2 Å². The van der Waals surface area contributed by atoms with Gasteiger partial charge in [0.05, 0.1) is 18.2 Å². The first kappa shape index (κ1) is 21.4. The SMILES string of the molecule is CC(c1nc(-c2ccccc2)no1)N1CCN(C(=O)Cc2csc(-c3cccnc3)n2)CC1. The first-order valence-corrected chi connectivity index (χ1v) is 11.8. The van der Waals surface area contributed by atoms with E-state index in [0.717, 1.165) is 34.9 Å². The Labute approximate surface area is 195 Å². The molecule has 1 amide bonds. The van der Waals surface area contributed by atoms with Crippen molar-refractivity contribution in [1.29, 1.82) is 0 Å². The van der Waals surface area contributed by atoms with Crippen LogP contribution in [0.25, 0.3) is 22.0 Å². The Morgan fingerprint density at radius 1 is 1.06 bits per heavy atom. The number of thiazole rings is 1. The lowest BCUT2D eigenvalue weighted by Gasteiger charge is -2.36. The molecule has 0 spiro atoms. The van der Waals surface area contributed by atoms with Gasteiger partial charge in [-0.3, -0.25) is 14.7 Å². The van der Waals surface area contributed by atoms with Gasteiger partial charge in [0.15, 0.2) is 0 Å². The van der Waals surface area contributed by atoms with Gasteiger partial charge in [-0.2, -0.15) is 4.98 Å². The van der Waals surface area contributed by atoms with Crippen LogP contribution in [0.5, 0.6) is 0 Å². The van der Waals surface area contributed by atoms with Crippen LogP contribution in [0.2, 0.25) is 0 Å². The topological polar surface area (TPSA) is 88.3 Å². The monoisotopic (exact) mass is 460 g/mol. The average Bonchev–Trinajstić information content (AvgIpc) is 3.55. The van der Waals surface area contributed by atoms with Gasteiger partial charge >= 0.3 is 0 Å². The third kappa shape index (κ3) is 4.84. The second-order valence-electron chi connectivity index (χ2n) is 7.98. The Balaban J connectivity index is 1.15. The third-order valence-corrected chi connectivity index (χ3v) is 6.78. The van der Waals surface area contributed by atoms with Crippen molar-refractivity contribution in [1.82, 2.24) is 29.9 Å². The predicted octanol–water partition coefficient (Wildman–Crippen LogP) is 3.70. The van der Waals surface area contributed by atoms with Crippen LogP contribution in [0.3, 0.4) is 0 Å². The zero-order valence-electron chi connectivity index (χ0n) is 18.3. The molecule has 1 aromatic carbocycles. The molecule has 33 heavy (non-hydrogen) atoms. The first-order valence-electron chi connectivity index (χ1n) is 10.9. The number of carbonyl (C=O) groups excluding carboxylic acids is 1. The average molecular weight is 461 g/mol. The van der Waals surface area contributed by atoms with E-state index in [0.29, 0.717) is 31.2 Å². The van der Waals surface area contributed by atoms with E-state index in [9.17, 15) is 4.79 Å². The van der Waals surface area contributed by atoms with Crippen LogP contribution in [0.1, 0.15) is 24.6 Å². The lowest BCUT2D eigenvalue weighted by molar-refractivity contribution is -0.132. The minimum atomic E-state index is -0.00667. The molecular formula is C24H24N6O2S. The fourth-order valence-corrected chi connectivity index (χ4v) is 4.71. The molecule has 0 radical (unpaired) electrons. The zero-order valence-corrected chi connectivity index (χ0v) is 19.1. The molecule has 4 aromatic rings. The van der Waals surface area contributed by atoms with Crippen molar-refractivity contribution < 1.29 is 9.32 Å². The van der Waals surface area contributed by atoms with E-state index in [1.165, 1.54) is 0 Å². The fourth-order valence-electron chi connectivity index (χ4n) is 3.90. The number of pyridine rings is 1. The van der Waals surface area contributed by atoms with Crippen LogP contribution in [0, 0.1) is 0 Å². The lowest BCUT2D eigenvalue weighted by atomic mass is 10.2. The molecule has 168 valence electrons. The summed E-state index contributed by atoms with van der Waals surface area (Å²) in [5.41, 5.74) is 2.71. The number of nitrogens with zero attached hydrogens (tertiary/aromatic N) is 6. The second kappa shape index (κ2) is 9.60. The minimum absolute atomic E-state index is 0.00667. The standard InChI is InChI=1S/C24H24N6O2S/c1-17(23-27-22(28-32-23)18-6-3-2-4-7-18)29-10-12-30(13-11-29)21(31)14-20-16-33-24(26-20)19-8-5-9-25-15-19/h2-9,15-17H,10-14H2,1H3. The minimum Gasteiger partial charge on any atom is -0.340 e. The number of rotatable bonds is 6. The van der Waals surface area contributed by atoms with Crippen LogP contribution in [0.15, 0.2) is 64.8 Å². The summed E-state index contributed by atoms with van der Waals surface area (Å²) >= 11 is 1.54. The molecule has 1 fully saturated rings. The molecule has 0 N–H and O–H groups in total. The zero-order chi connectivity index (χ0) is 22.6. The summed E-state index contributed by atoms with van der Waals surface area (Å²) in [5, 5.41) is 6.97. The van der Waals surface area contributed by atoms with E-state index in [4.69, 9.17) is 4.52 Å². The van der Waals surface area contributed by atoms with Crippen molar-refractivity contribution in [3.8, 4) is 22.0 Å². The van der Waals surface area contributed by atoms with E-state index >= 15 is 0 Å². The Kier molecular flexibility index (Phi) is 6.23. The molecule has 8 nitrogen and oxygen atoms in total. The van der Waals surface area contributed by atoms with Gasteiger partial charge in [0.25, 0.3) is 0 Å². The molecule has 1 unspecified atom stereocenters. The summed E-state index contributed by atoms with van der Waals surface area (Å²) in [6.45, 7) is 4.92. The fraction of sp³-hybridized carbons (Fsp3) is 0.292. The highest BCUT2D eigenvalue weighted by molar-refractivity contribution is 7.13. The van der Waals surface area contributed by atoms with E-state index in [2.05, 4.69) is 31.9 Å². The second-order valence-corrected chi connectivity index (χ2v) is 8.84. The molecule has 1 atom stereocenters. The quantitative estimate of drug-likeness (QED) is 0.433. The lowest BCUT2D eigenvalue weighted by Crippen LogP contribution is -2.49. The van der Waals surface area contributed by atoms with Crippen molar-refractivity contribution >= 4 is 17.2 Å². The number of benzene rings is 1. The van der Waals surface area contributed by atoms with Gasteiger partial charge in [-0.1, -0.05) is 35.5 Å². The van der Waals surface area contributed by atoms with Gasteiger partial charge in [-0.05, 0) is 19.1 Å². The molecule has 0 bridgehead atoms. The van der Waals surface area contributed by atoms with E-state index in [1.54, 1.807) is 23.7 Å². The first-order chi connectivity index (χ1) is 16.2. The van der Waals surface area contributed by atoms with Crippen LogP contribution >= 0.6 is 11.3 Å². The molecule has 0 saturated carbocycles. The highest BCUT2D eigenvalue weighted by Crippen LogP contribution is 2.25. The highest BCUT2D eigenvalue weighted by atomic mass is 32.1.